The first-order chi connectivity index (χ1) is 32.4. The van der Waals surface area contributed by atoms with Gasteiger partial charge in [0.1, 0.15) is 18.1 Å². The SMILES string of the molecule is CN(CC1CCN(CCC#Cc2ccc3c(c2)n(C)c(=O)n3C2CCC(=O)NC2=O)CC1)C(=O)C1CCC(n2cc(NC(=O)c3coc(-c4ccnc(NCC5CC5)c4)n3)c(C(F)F)n2)CC1. The fourth-order valence-corrected chi connectivity index (χ4v) is 9.60. The number of nitrogens with zero attached hydrogens (tertiary/aromatic N) is 8. The molecule has 2 saturated heterocycles. The van der Waals surface area contributed by atoms with Crippen LogP contribution in [0.3, 0.4) is 0 Å². The number of piperidine rings is 2. The molecule has 1 atom stereocenters. The van der Waals surface area contributed by atoms with Gasteiger partial charge in [-0.05, 0) is 113 Å². The highest BCUT2D eigenvalue weighted by Gasteiger charge is 2.34. The summed E-state index contributed by atoms with van der Waals surface area (Å²) >= 11 is 0. The van der Waals surface area contributed by atoms with E-state index in [1.165, 1.54) is 39.1 Å². The summed E-state index contributed by atoms with van der Waals surface area (Å²) in [7, 11) is 3.53. The van der Waals surface area contributed by atoms with E-state index in [0.29, 0.717) is 72.9 Å². The van der Waals surface area contributed by atoms with Crippen molar-refractivity contribution in [1.82, 2.24) is 44.0 Å². The van der Waals surface area contributed by atoms with Gasteiger partial charge < -0.3 is 24.9 Å². The molecule has 4 aromatic heterocycles. The number of rotatable bonds is 14. The lowest BCUT2D eigenvalue weighted by molar-refractivity contribution is -0.137. The van der Waals surface area contributed by atoms with E-state index in [4.69, 9.17) is 4.42 Å². The number of imide groups is 1. The van der Waals surface area contributed by atoms with Gasteiger partial charge in [0.05, 0.1) is 22.8 Å². The number of nitrogens with one attached hydrogen (secondary N) is 3. The van der Waals surface area contributed by atoms with Gasteiger partial charge in [-0.2, -0.15) is 5.10 Å². The summed E-state index contributed by atoms with van der Waals surface area (Å²) in [6.07, 6.45) is 9.21. The number of hydrogen-bond donors (Lipinski definition) is 3. The Morgan fingerprint density at radius 2 is 1.78 bits per heavy atom. The second-order valence-electron chi connectivity index (χ2n) is 18.4. The zero-order valence-electron chi connectivity index (χ0n) is 37.7. The molecule has 19 heteroatoms. The molecule has 0 spiro atoms. The van der Waals surface area contributed by atoms with Crippen LogP contribution in [0.15, 0.2) is 58.2 Å². The van der Waals surface area contributed by atoms with E-state index >= 15 is 0 Å². The molecule has 0 radical (unpaired) electrons. The van der Waals surface area contributed by atoms with Crippen molar-refractivity contribution in [2.75, 3.05) is 50.4 Å². The first kappa shape index (κ1) is 45.5. The lowest BCUT2D eigenvalue weighted by atomic mass is 9.85. The molecule has 2 saturated carbocycles. The maximum Gasteiger partial charge on any atom is 0.329 e. The number of oxazole rings is 1. The van der Waals surface area contributed by atoms with Crippen molar-refractivity contribution in [1.29, 1.82) is 0 Å². The lowest BCUT2D eigenvalue weighted by Crippen LogP contribution is -2.44. The Balaban J connectivity index is 0.712. The monoisotopic (exact) mass is 919 g/mol. The van der Waals surface area contributed by atoms with Crippen LogP contribution in [0.5, 0.6) is 0 Å². The third kappa shape index (κ3) is 10.3. The van der Waals surface area contributed by atoms with Gasteiger partial charge in [0.2, 0.25) is 23.6 Å². The Kier molecular flexibility index (Phi) is 13.3. The number of aromatic nitrogens is 6. The molecule has 4 amide bonds. The third-order valence-corrected chi connectivity index (χ3v) is 13.7. The average molecular weight is 920 g/mol. The minimum Gasteiger partial charge on any atom is -0.444 e. The number of pyridine rings is 1. The van der Waals surface area contributed by atoms with Crippen molar-refractivity contribution in [3.8, 4) is 23.3 Å². The fourth-order valence-electron chi connectivity index (χ4n) is 9.60. The molecular weight excluding hydrogens is 865 g/mol. The summed E-state index contributed by atoms with van der Waals surface area (Å²) in [5, 5.41) is 12.4. The van der Waals surface area contributed by atoms with Gasteiger partial charge in [0.25, 0.3) is 12.3 Å². The molecule has 3 N–H and O–H groups in total. The second-order valence-corrected chi connectivity index (χ2v) is 18.4. The Morgan fingerprint density at radius 1 is 0.985 bits per heavy atom. The minimum absolute atomic E-state index is 0.0611. The summed E-state index contributed by atoms with van der Waals surface area (Å²) in [5.41, 5.74) is 1.69. The van der Waals surface area contributed by atoms with Crippen LogP contribution in [0.4, 0.5) is 20.3 Å². The van der Waals surface area contributed by atoms with E-state index in [2.05, 4.69) is 47.8 Å². The quantitative estimate of drug-likeness (QED) is 0.0885. The van der Waals surface area contributed by atoms with Crippen LogP contribution >= 0.6 is 0 Å². The van der Waals surface area contributed by atoms with Crippen LogP contribution in [0.25, 0.3) is 22.5 Å². The van der Waals surface area contributed by atoms with Crippen LogP contribution in [0, 0.1) is 29.6 Å². The molecule has 1 unspecified atom stereocenters. The summed E-state index contributed by atoms with van der Waals surface area (Å²) in [5.74, 6) is 6.86. The Morgan fingerprint density at radius 3 is 2.52 bits per heavy atom. The topological polar surface area (TPSA) is 195 Å². The van der Waals surface area contributed by atoms with E-state index in [0.717, 1.165) is 44.6 Å². The number of halogens is 2. The molecule has 2 aliphatic carbocycles. The van der Waals surface area contributed by atoms with E-state index in [1.807, 2.05) is 24.1 Å². The minimum atomic E-state index is -2.92. The molecule has 2 aliphatic heterocycles. The van der Waals surface area contributed by atoms with Gasteiger partial charge in [-0.25, -0.2) is 23.5 Å². The third-order valence-electron chi connectivity index (χ3n) is 13.7. The number of benzene rings is 1. The highest BCUT2D eigenvalue weighted by molar-refractivity contribution is 6.03. The summed E-state index contributed by atoms with van der Waals surface area (Å²) in [6.45, 7) is 4.16. The molecule has 9 rings (SSSR count). The number of carbonyl (C=O) groups is 4. The highest BCUT2D eigenvalue weighted by atomic mass is 19.3. The molecule has 5 aromatic rings. The number of likely N-dealkylation sites (tertiary alicyclic amines) is 1. The van der Waals surface area contributed by atoms with Crippen molar-refractivity contribution in [3.63, 3.8) is 0 Å². The number of fused-ring (bicyclic) bond motifs is 1. The zero-order chi connectivity index (χ0) is 46.8. The highest BCUT2D eigenvalue weighted by Crippen LogP contribution is 2.36. The number of amides is 4. The average Bonchev–Trinajstić information content (AvgIpc) is 3.74. The van der Waals surface area contributed by atoms with Crippen LogP contribution in [0.1, 0.15) is 111 Å². The second kappa shape index (κ2) is 19.7. The fraction of sp³-hybridized carbons (Fsp3) is 0.500. The number of carbonyl (C=O) groups excluding carboxylic acids is 4. The molecule has 17 nitrogen and oxygen atoms in total. The lowest BCUT2D eigenvalue weighted by Gasteiger charge is -2.35. The number of anilines is 2. The smallest absolute Gasteiger partial charge is 0.329 e. The molecular formula is C48H55F2N11O6. The molecule has 352 valence electrons. The summed E-state index contributed by atoms with van der Waals surface area (Å²) in [6, 6.07) is 8.08. The van der Waals surface area contributed by atoms with Crippen molar-refractivity contribution >= 4 is 46.2 Å². The number of hydrogen-bond acceptors (Lipinski definition) is 11. The predicted molar refractivity (Wildman–Crippen MR) is 244 cm³/mol. The number of imidazole rings is 1. The van der Waals surface area contributed by atoms with Gasteiger partial charge in [-0.1, -0.05) is 11.8 Å². The Labute approximate surface area is 385 Å². The van der Waals surface area contributed by atoms with Gasteiger partial charge >= 0.3 is 5.69 Å². The standard InChI is InChI=1S/C48H55F2N11O6/c1-57(26-31-17-21-59(22-18-31)20-4-3-5-29-8-13-37-39(23-29)58(2)48(66)61(37)38-14-15-41(62)55-45(38)64)47(65)32-9-11-34(12-10-32)60-27-35(42(56-60)43(49)50)53-44(63)36-28-67-46(54-36)33-16-19-51-40(24-33)52-25-30-6-7-30/h8,13,16,19,23-24,27-28,30-32,34,38,43H,4,6-7,9-12,14-15,17-18,20-22,25-26H2,1-2H3,(H,51,52)(H,53,63)(H,55,62,64). The molecule has 4 aliphatic rings. The predicted octanol–water partition coefficient (Wildman–Crippen LogP) is 5.92. The maximum absolute atomic E-state index is 14.2. The molecule has 0 bridgehead atoms. The molecule has 1 aromatic carbocycles. The summed E-state index contributed by atoms with van der Waals surface area (Å²) < 4.78 is 38.4. The largest absolute Gasteiger partial charge is 0.444 e. The normalized spacial score (nSPS) is 20.4. The van der Waals surface area contributed by atoms with Gasteiger partial charge in [-0.3, -0.25) is 38.3 Å². The van der Waals surface area contributed by atoms with Crippen LogP contribution in [0.2, 0.25) is 0 Å². The van der Waals surface area contributed by atoms with E-state index < -0.39 is 30.0 Å². The Hall–Kier alpha value is -6.68. The summed E-state index contributed by atoms with van der Waals surface area (Å²) in [4.78, 5) is 77.0. The van der Waals surface area contributed by atoms with Crippen molar-refractivity contribution < 1.29 is 32.4 Å². The van der Waals surface area contributed by atoms with E-state index in [1.54, 1.807) is 31.4 Å². The van der Waals surface area contributed by atoms with Crippen LogP contribution in [-0.4, -0.2) is 102 Å². The van der Waals surface area contributed by atoms with Gasteiger partial charge in [0, 0.05) is 76.0 Å². The molecule has 67 heavy (non-hydrogen) atoms. The number of aryl methyl sites for hydroxylation is 1. The first-order valence-electron chi connectivity index (χ1n) is 23.2. The van der Waals surface area contributed by atoms with E-state index in [9.17, 15) is 32.8 Å². The van der Waals surface area contributed by atoms with E-state index in [-0.39, 0.29) is 59.6 Å². The van der Waals surface area contributed by atoms with Crippen LogP contribution in [-0.2, 0) is 21.4 Å². The maximum atomic E-state index is 14.2. The van der Waals surface area contributed by atoms with Crippen molar-refractivity contribution in [2.24, 2.45) is 24.8 Å². The van der Waals surface area contributed by atoms with Crippen molar-refractivity contribution in [2.45, 2.75) is 89.1 Å². The van der Waals surface area contributed by atoms with Gasteiger partial charge in [0.15, 0.2) is 11.4 Å². The van der Waals surface area contributed by atoms with Gasteiger partial charge in [-0.15, -0.1) is 0 Å². The molecule has 4 fully saturated rings. The zero-order valence-corrected chi connectivity index (χ0v) is 37.7. The number of alkyl halides is 2. The first-order valence-corrected chi connectivity index (χ1v) is 23.2. The van der Waals surface area contributed by atoms with Crippen molar-refractivity contribution in [3.05, 3.63) is 76.4 Å². The van der Waals surface area contributed by atoms with Crippen LogP contribution < -0.4 is 21.6 Å². The Bertz CT molecular complexity index is 2780. The molecule has 6 heterocycles.